The smallest absolute Gasteiger partial charge is 0.273 e. The minimum atomic E-state index is -4.61. The predicted molar refractivity (Wildman–Crippen MR) is 141 cm³/mol. The van der Waals surface area contributed by atoms with Gasteiger partial charge < -0.3 is 21.1 Å². The van der Waals surface area contributed by atoms with Crippen LogP contribution in [0.3, 0.4) is 0 Å². The van der Waals surface area contributed by atoms with Gasteiger partial charge in [-0.1, -0.05) is 24.1 Å². The molecule has 3 aromatic rings. The molecule has 5 N–H and O–H groups in total. The molecule has 0 saturated carbocycles. The zero-order valence-electron chi connectivity index (χ0n) is 20.6. The highest BCUT2D eigenvalue weighted by Gasteiger charge is 2.31. The van der Waals surface area contributed by atoms with Crippen LogP contribution in [-0.4, -0.2) is 53.4 Å². The summed E-state index contributed by atoms with van der Waals surface area (Å²) in [4.78, 5) is 22.2. The Kier molecular flexibility index (Phi) is 8.64. The standard InChI is InChI=1S/C25H26ClF2N5O5S/c26-22-17(18(27)6-7-19(22)28)13-38-25-23(29)31-11-20(32-25)16-10-14(24(30)34)4-5-15(16)21(39(35,36)37)12-33-8-2-1-3-9-33/h4-7,10-11,21H,1-3,8-9,12-13H2,(H2,29,31)(H2,30,34)(H,35,36,37). The largest absolute Gasteiger partial charge is 0.470 e. The Morgan fingerprint density at radius 3 is 2.51 bits per heavy atom. The van der Waals surface area contributed by atoms with E-state index in [9.17, 15) is 26.5 Å². The average Bonchev–Trinajstić information content (AvgIpc) is 2.90. The third-order valence-corrected chi connectivity index (χ3v) is 7.98. The van der Waals surface area contributed by atoms with Crippen LogP contribution >= 0.6 is 11.6 Å². The summed E-state index contributed by atoms with van der Waals surface area (Å²) in [6.07, 6.45) is 4.04. The highest BCUT2D eigenvalue weighted by Crippen LogP contribution is 2.35. The van der Waals surface area contributed by atoms with Gasteiger partial charge in [-0.05, 0) is 55.8 Å². The third-order valence-electron chi connectivity index (χ3n) is 6.45. The maximum absolute atomic E-state index is 14.2. The molecule has 1 saturated heterocycles. The lowest BCUT2D eigenvalue weighted by molar-refractivity contribution is 0.1000. The van der Waals surface area contributed by atoms with Crippen LogP contribution in [0.5, 0.6) is 5.88 Å². The molecule has 4 rings (SSSR count). The van der Waals surface area contributed by atoms with Gasteiger partial charge in [-0.2, -0.15) is 8.42 Å². The summed E-state index contributed by atoms with van der Waals surface area (Å²) >= 11 is 5.87. The zero-order chi connectivity index (χ0) is 28.3. The molecule has 1 aliphatic heterocycles. The van der Waals surface area contributed by atoms with E-state index in [4.69, 9.17) is 27.8 Å². The molecule has 0 bridgehead atoms. The molecule has 1 aromatic heterocycles. The van der Waals surface area contributed by atoms with Gasteiger partial charge in [-0.15, -0.1) is 0 Å². The zero-order valence-corrected chi connectivity index (χ0v) is 22.2. The van der Waals surface area contributed by atoms with Gasteiger partial charge in [0.25, 0.3) is 16.0 Å². The number of hydrogen-bond donors (Lipinski definition) is 3. The normalized spacial score (nSPS) is 15.2. The second-order valence-electron chi connectivity index (χ2n) is 9.09. The van der Waals surface area contributed by atoms with Crippen molar-refractivity contribution in [2.75, 3.05) is 25.4 Å². The second kappa shape index (κ2) is 11.8. The van der Waals surface area contributed by atoms with Crippen LogP contribution in [-0.2, 0) is 16.7 Å². The topological polar surface area (TPSA) is 162 Å². The maximum atomic E-state index is 14.2. The minimum Gasteiger partial charge on any atom is -0.470 e. The SMILES string of the molecule is NC(=O)c1ccc(C(CN2CCCCC2)S(=O)(=O)O)c(-c2cnc(N)c(OCc3c(F)ccc(F)c3Cl)n2)c1. The highest BCUT2D eigenvalue weighted by molar-refractivity contribution is 7.86. The Hall–Kier alpha value is -3.39. The van der Waals surface area contributed by atoms with E-state index in [2.05, 4.69) is 9.97 Å². The third kappa shape index (κ3) is 6.61. The summed E-state index contributed by atoms with van der Waals surface area (Å²) in [5.74, 6) is -2.91. The minimum absolute atomic E-state index is 0.00482. The number of hydrogen-bond acceptors (Lipinski definition) is 8. The van der Waals surface area contributed by atoms with Crippen molar-refractivity contribution in [2.24, 2.45) is 5.73 Å². The Balaban J connectivity index is 1.76. The Bertz CT molecular complexity index is 1500. The lowest BCUT2D eigenvalue weighted by Gasteiger charge is -2.30. The molecule has 14 heteroatoms. The summed E-state index contributed by atoms with van der Waals surface area (Å²) in [6, 6.07) is 5.84. The summed E-state index contributed by atoms with van der Waals surface area (Å²) in [7, 11) is -4.61. The van der Waals surface area contributed by atoms with Gasteiger partial charge in [0.1, 0.15) is 23.5 Å². The lowest BCUT2D eigenvalue weighted by atomic mass is 9.97. The van der Waals surface area contributed by atoms with Gasteiger partial charge >= 0.3 is 0 Å². The van der Waals surface area contributed by atoms with Crippen LogP contribution in [0.4, 0.5) is 14.6 Å². The number of aromatic nitrogens is 2. The number of benzene rings is 2. The molecular weight excluding hydrogens is 556 g/mol. The molecule has 2 heterocycles. The first kappa shape index (κ1) is 28.6. The Labute approximate surface area is 228 Å². The van der Waals surface area contributed by atoms with Crippen LogP contribution in [0.15, 0.2) is 36.5 Å². The van der Waals surface area contributed by atoms with E-state index in [0.717, 1.165) is 31.4 Å². The van der Waals surface area contributed by atoms with Crippen LogP contribution in [0, 0.1) is 11.6 Å². The van der Waals surface area contributed by atoms with Crippen molar-refractivity contribution >= 4 is 33.4 Å². The fraction of sp³-hybridized carbons (Fsp3) is 0.320. The van der Waals surface area contributed by atoms with Crippen LogP contribution < -0.4 is 16.2 Å². The number of likely N-dealkylation sites (tertiary alicyclic amines) is 1. The number of nitrogens with zero attached hydrogens (tertiary/aromatic N) is 3. The first-order chi connectivity index (χ1) is 18.5. The molecule has 0 radical (unpaired) electrons. The number of halogens is 3. The van der Waals surface area contributed by atoms with Gasteiger partial charge in [0, 0.05) is 23.2 Å². The number of nitrogens with two attached hydrogens (primary N) is 2. The van der Waals surface area contributed by atoms with E-state index in [1.807, 2.05) is 4.90 Å². The van der Waals surface area contributed by atoms with Gasteiger partial charge in [0.05, 0.1) is 16.9 Å². The highest BCUT2D eigenvalue weighted by atomic mass is 35.5. The van der Waals surface area contributed by atoms with Crippen LogP contribution in [0.1, 0.15) is 46.0 Å². The molecule has 0 aliphatic carbocycles. The van der Waals surface area contributed by atoms with E-state index >= 15 is 0 Å². The second-order valence-corrected chi connectivity index (χ2v) is 11.1. The van der Waals surface area contributed by atoms with Crippen molar-refractivity contribution in [1.29, 1.82) is 0 Å². The monoisotopic (exact) mass is 581 g/mol. The fourth-order valence-electron chi connectivity index (χ4n) is 4.40. The first-order valence-electron chi connectivity index (χ1n) is 12.0. The molecule has 0 spiro atoms. The van der Waals surface area contributed by atoms with Crippen molar-refractivity contribution in [1.82, 2.24) is 14.9 Å². The molecule has 1 amide bonds. The summed E-state index contributed by atoms with van der Waals surface area (Å²) in [6.45, 7) is 0.797. The Morgan fingerprint density at radius 1 is 1.15 bits per heavy atom. The van der Waals surface area contributed by atoms with Crippen molar-refractivity contribution in [2.45, 2.75) is 31.1 Å². The van der Waals surface area contributed by atoms with Crippen molar-refractivity contribution < 1.29 is 31.3 Å². The molecule has 1 atom stereocenters. The molecule has 208 valence electrons. The average molecular weight is 582 g/mol. The van der Waals surface area contributed by atoms with Gasteiger partial charge in [-0.3, -0.25) is 9.35 Å². The van der Waals surface area contributed by atoms with E-state index in [1.54, 1.807) is 0 Å². The Morgan fingerprint density at radius 2 is 1.85 bits per heavy atom. The predicted octanol–water partition coefficient (Wildman–Crippen LogP) is 3.75. The number of rotatable bonds is 9. The fourth-order valence-corrected chi connectivity index (χ4v) is 5.53. The summed E-state index contributed by atoms with van der Waals surface area (Å²) < 4.78 is 68.9. The number of piperidine rings is 1. The summed E-state index contributed by atoms with van der Waals surface area (Å²) in [5.41, 5.74) is 11.5. The molecule has 1 aliphatic rings. The summed E-state index contributed by atoms with van der Waals surface area (Å²) in [5, 5.41) is -1.85. The number of carbonyl (C=O) groups excluding carboxylic acids is 1. The van der Waals surface area contributed by atoms with Gasteiger partial charge in [0.15, 0.2) is 5.82 Å². The number of carbonyl (C=O) groups is 1. The van der Waals surface area contributed by atoms with E-state index in [-0.39, 0.29) is 46.2 Å². The van der Waals surface area contributed by atoms with E-state index in [0.29, 0.717) is 13.1 Å². The number of primary amides is 1. The van der Waals surface area contributed by atoms with Crippen LogP contribution in [0.2, 0.25) is 5.02 Å². The van der Waals surface area contributed by atoms with Gasteiger partial charge in [0.2, 0.25) is 5.91 Å². The lowest BCUT2D eigenvalue weighted by Crippen LogP contribution is -2.36. The number of anilines is 1. The van der Waals surface area contributed by atoms with Crippen molar-refractivity contribution in [3.8, 4) is 17.1 Å². The molecule has 1 fully saturated rings. The van der Waals surface area contributed by atoms with E-state index < -0.39 is 44.5 Å². The molecule has 39 heavy (non-hydrogen) atoms. The van der Waals surface area contributed by atoms with Crippen molar-refractivity contribution in [3.63, 3.8) is 0 Å². The number of amides is 1. The quantitative estimate of drug-likeness (QED) is 0.252. The van der Waals surface area contributed by atoms with E-state index in [1.165, 1.54) is 24.4 Å². The van der Waals surface area contributed by atoms with Crippen LogP contribution in [0.25, 0.3) is 11.3 Å². The van der Waals surface area contributed by atoms with Gasteiger partial charge in [-0.25, -0.2) is 18.7 Å². The first-order valence-corrected chi connectivity index (χ1v) is 13.8. The number of ether oxygens (including phenoxy) is 1. The van der Waals surface area contributed by atoms with Crippen molar-refractivity contribution in [3.05, 3.63) is 69.9 Å². The molecule has 1 unspecified atom stereocenters. The molecule has 2 aromatic carbocycles. The molecular formula is C25H26ClF2N5O5S. The molecule has 10 nitrogen and oxygen atoms in total. The maximum Gasteiger partial charge on any atom is 0.273 e. The number of nitrogen functional groups attached to an aromatic ring is 1.